The lowest BCUT2D eigenvalue weighted by Gasteiger charge is -2.09. The summed E-state index contributed by atoms with van der Waals surface area (Å²) in [5, 5.41) is 17.0. The number of hydrogen-bond donors (Lipinski definition) is 1. The van der Waals surface area contributed by atoms with E-state index in [4.69, 9.17) is 4.74 Å². The Labute approximate surface area is 126 Å². The summed E-state index contributed by atoms with van der Waals surface area (Å²) >= 11 is 0. The largest absolute Gasteiger partial charge is 0.484 e. The molecule has 1 aromatic carbocycles. The van der Waals surface area contributed by atoms with Crippen molar-refractivity contribution in [2.24, 2.45) is 0 Å². The van der Waals surface area contributed by atoms with Gasteiger partial charge in [0.15, 0.2) is 6.61 Å². The van der Waals surface area contributed by atoms with Crippen LogP contribution in [0.2, 0.25) is 0 Å². The molecule has 0 spiro atoms. The second-order valence-electron chi connectivity index (χ2n) is 4.62. The summed E-state index contributed by atoms with van der Waals surface area (Å²) in [7, 11) is 0. The monoisotopic (exact) mass is 304 g/mol. The molecule has 1 aromatic heterocycles. The molecule has 0 saturated heterocycles. The zero-order chi connectivity index (χ0) is 15.9. The summed E-state index contributed by atoms with van der Waals surface area (Å²) in [6.07, 6.45) is 2.49. The minimum Gasteiger partial charge on any atom is -0.484 e. The number of rotatable bonds is 7. The Bertz CT molecular complexity index is 668. The molecule has 0 saturated carbocycles. The van der Waals surface area contributed by atoms with Gasteiger partial charge >= 0.3 is 5.69 Å². The summed E-state index contributed by atoms with van der Waals surface area (Å²) in [6.45, 7) is 2.49. The summed E-state index contributed by atoms with van der Waals surface area (Å²) < 4.78 is 6.82. The molecule has 1 N–H and O–H groups in total. The van der Waals surface area contributed by atoms with E-state index in [0.29, 0.717) is 18.8 Å². The Balaban J connectivity index is 1.71. The second kappa shape index (κ2) is 7.21. The lowest BCUT2D eigenvalue weighted by molar-refractivity contribution is -0.385. The molecule has 0 aliphatic carbocycles. The molecule has 0 radical (unpaired) electrons. The molecule has 8 nitrogen and oxygen atoms in total. The van der Waals surface area contributed by atoms with Crippen LogP contribution >= 0.6 is 0 Å². The van der Waals surface area contributed by atoms with Gasteiger partial charge in [0, 0.05) is 6.54 Å². The van der Waals surface area contributed by atoms with Crippen LogP contribution in [0.3, 0.4) is 0 Å². The van der Waals surface area contributed by atoms with Crippen LogP contribution in [0.25, 0.3) is 0 Å². The molecule has 2 aromatic rings. The smallest absolute Gasteiger partial charge is 0.306 e. The lowest BCUT2D eigenvalue weighted by atomic mass is 10.2. The standard InChI is InChI=1S/C14H16N4O4/c1-11-4-2-3-5-13(11)22-10-14(19)15-6-7-17-9-12(8-16-17)18(20)21/h2-5,8-9H,6-7,10H2,1H3,(H,15,19). The molecule has 1 heterocycles. The highest BCUT2D eigenvalue weighted by Crippen LogP contribution is 2.15. The van der Waals surface area contributed by atoms with Crippen LogP contribution < -0.4 is 10.1 Å². The van der Waals surface area contributed by atoms with Crippen molar-refractivity contribution in [3.63, 3.8) is 0 Å². The van der Waals surface area contributed by atoms with Crippen LogP contribution in [0.4, 0.5) is 5.69 Å². The topological polar surface area (TPSA) is 99.3 Å². The third kappa shape index (κ3) is 4.30. The van der Waals surface area contributed by atoms with Crippen molar-refractivity contribution in [1.29, 1.82) is 0 Å². The number of ether oxygens (including phenoxy) is 1. The van der Waals surface area contributed by atoms with Crippen LogP contribution in [0.15, 0.2) is 36.7 Å². The molecule has 8 heteroatoms. The summed E-state index contributed by atoms with van der Waals surface area (Å²) in [5.41, 5.74) is 0.883. The fraction of sp³-hybridized carbons (Fsp3) is 0.286. The van der Waals surface area contributed by atoms with Gasteiger partial charge in [-0.05, 0) is 18.6 Å². The predicted molar refractivity (Wildman–Crippen MR) is 78.6 cm³/mol. The normalized spacial score (nSPS) is 10.2. The van der Waals surface area contributed by atoms with Crippen LogP contribution in [0.1, 0.15) is 5.56 Å². The number of aryl methyl sites for hydroxylation is 1. The summed E-state index contributed by atoms with van der Waals surface area (Å²) in [5.74, 6) is 0.408. The number of carbonyl (C=O) groups excluding carboxylic acids is 1. The second-order valence-corrected chi connectivity index (χ2v) is 4.62. The van der Waals surface area contributed by atoms with E-state index >= 15 is 0 Å². The van der Waals surface area contributed by atoms with Crippen molar-refractivity contribution in [2.75, 3.05) is 13.2 Å². The van der Waals surface area contributed by atoms with Gasteiger partial charge in [0.2, 0.25) is 0 Å². The first-order valence-electron chi connectivity index (χ1n) is 6.68. The average molecular weight is 304 g/mol. The Morgan fingerprint density at radius 1 is 1.45 bits per heavy atom. The molecule has 0 aliphatic rings. The third-order valence-corrected chi connectivity index (χ3v) is 2.95. The number of para-hydroxylation sites is 1. The van der Waals surface area contributed by atoms with Gasteiger partial charge in [-0.1, -0.05) is 18.2 Å². The maximum Gasteiger partial charge on any atom is 0.306 e. The van der Waals surface area contributed by atoms with Gasteiger partial charge in [0.25, 0.3) is 5.91 Å². The maximum atomic E-state index is 11.7. The van der Waals surface area contributed by atoms with Crippen LogP contribution in [0, 0.1) is 17.0 Å². The predicted octanol–water partition coefficient (Wildman–Crippen LogP) is 1.29. The fourth-order valence-electron chi connectivity index (χ4n) is 1.79. The Kier molecular flexibility index (Phi) is 5.07. The lowest BCUT2D eigenvalue weighted by Crippen LogP contribution is -2.31. The first-order valence-corrected chi connectivity index (χ1v) is 6.68. The molecule has 116 valence electrons. The van der Waals surface area contributed by atoms with Crippen molar-refractivity contribution < 1.29 is 14.5 Å². The molecule has 0 bridgehead atoms. The minimum atomic E-state index is -0.516. The molecule has 0 aliphatic heterocycles. The van der Waals surface area contributed by atoms with Crippen molar-refractivity contribution in [3.05, 3.63) is 52.3 Å². The molecule has 22 heavy (non-hydrogen) atoms. The first-order chi connectivity index (χ1) is 10.6. The molecule has 0 unspecified atom stereocenters. The number of carbonyl (C=O) groups is 1. The van der Waals surface area contributed by atoms with Gasteiger partial charge < -0.3 is 10.1 Å². The summed E-state index contributed by atoms with van der Waals surface area (Å²) in [4.78, 5) is 21.7. The van der Waals surface area contributed by atoms with Gasteiger partial charge in [-0.2, -0.15) is 5.10 Å². The van der Waals surface area contributed by atoms with E-state index < -0.39 is 4.92 Å². The first kappa shape index (κ1) is 15.5. The molecule has 1 amide bonds. The fourth-order valence-corrected chi connectivity index (χ4v) is 1.79. The van der Waals surface area contributed by atoms with Crippen LogP contribution in [-0.4, -0.2) is 33.8 Å². The van der Waals surface area contributed by atoms with E-state index in [-0.39, 0.29) is 18.2 Å². The van der Waals surface area contributed by atoms with Gasteiger partial charge in [-0.25, -0.2) is 0 Å². The van der Waals surface area contributed by atoms with Crippen molar-refractivity contribution in [3.8, 4) is 5.75 Å². The number of aromatic nitrogens is 2. The van der Waals surface area contributed by atoms with E-state index in [1.54, 1.807) is 6.07 Å². The zero-order valence-electron chi connectivity index (χ0n) is 12.1. The molecular formula is C14H16N4O4. The number of nitrogens with zero attached hydrogens (tertiary/aromatic N) is 3. The quantitative estimate of drug-likeness (QED) is 0.614. The van der Waals surface area contributed by atoms with E-state index in [0.717, 1.165) is 5.56 Å². The van der Waals surface area contributed by atoms with E-state index in [2.05, 4.69) is 10.4 Å². The van der Waals surface area contributed by atoms with Crippen molar-refractivity contribution in [1.82, 2.24) is 15.1 Å². The van der Waals surface area contributed by atoms with Crippen LogP contribution in [-0.2, 0) is 11.3 Å². The summed E-state index contributed by atoms with van der Waals surface area (Å²) in [6, 6.07) is 7.43. The van der Waals surface area contributed by atoms with Gasteiger partial charge in [0.1, 0.15) is 18.1 Å². The SMILES string of the molecule is Cc1ccccc1OCC(=O)NCCn1cc([N+](=O)[O-])cn1. The van der Waals surface area contributed by atoms with E-state index in [1.807, 2.05) is 25.1 Å². The molecule has 2 rings (SSSR count). The van der Waals surface area contributed by atoms with E-state index in [1.165, 1.54) is 17.1 Å². The highest BCUT2D eigenvalue weighted by Gasteiger charge is 2.09. The average Bonchev–Trinajstić information content (AvgIpc) is 2.95. The van der Waals surface area contributed by atoms with Gasteiger partial charge in [-0.3, -0.25) is 19.6 Å². The minimum absolute atomic E-state index is 0.0748. The van der Waals surface area contributed by atoms with E-state index in [9.17, 15) is 14.9 Å². The Hall–Kier alpha value is -2.90. The molecule has 0 fully saturated rings. The number of benzene rings is 1. The molecular weight excluding hydrogens is 288 g/mol. The van der Waals surface area contributed by atoms with Gasteiger partial charge in [-0.15, -0.1) is 0 Å². The highest BCUT2D eigenvalue weighted by atomic mass is 16.6. The highest BCUT2D eigenvalue weighted by molar-refractivity contribution is 5.77. The van der Waals surface area contributed by atoms with Crippen molar-refractivity contribution >= 4 is 11.6 Å². The third-order valence-electron chi connectivity index (χ3n) is 2.95. The number of nitrogens with one attached hydrogen (secondary N) is 1. The Morgan fingerprint density at radius 3 is 2.91 bits per heavy atom. The Morgan fingerprint density at radius 2 is 2.23 bits per heavy atom. The van der Waals surface area contributed by atoms with Crippen LogP contribution in [0.5, 0.6) is 5.75 Å². The number of nitro groups is 1. The van der Waals surface area contributed by atoms with Crippen molar-refractivity contribution in [2.45, 2.75) is 13.5 Å². The molecule has 0 atom stereocenters. The zero-order valence-corrected chi connectivity index (χ0v) is 12.1. The number of hydrogen-bond acceptors (Lipinski definition) is 5. The number of amides is 1. The van der Waals surface area contributed by atoms with Gasteiger partial charge in [0.05, 0.1) is 11.5 Å². The maximum absolute atomic E-state index is 11.7.